The summed E-state index contributed by atoms with van der Waals surface area (Å²) in [5.41, 5.74) is 1.62. The van der Waals surface area contributed by atoms with Crippen LogP contribution in [0.25, 0.3) is 11.4 Å². The van der Waals surface area contributed by atoms with E-state index < -0.39 is 0 Å². The van der Waals surface area contributed by atoms with E-state index >= 15 is 0 Å². The molecular weight excluding hydrogens is 434 g/mol. The van der Waals surface area contributed by atoms with E-state index in [0.717, 1.165) is 53.7 Å². The minimum Gasteiger partial charge on any atom is -0.497 e. The van der Waals surface area contributed by atoms with Gasteiger partial charge in [0.25, 0.3) is 5.91 Å². The lowest BCUT2D eigenvalue weighted by atomic mass is 9.93. The van der Waals surface area contributed by atoms with Crippen LogP contribution >= 0.6 is 15.9 Å². The fourth-order valence-corrected chi connectivity index (χ4v) is 3.99. The number of methoxy groups -OCH3 is 1. The van der Waals surface area contributed by atoms with E-state index in [4.69, 9.17) is 9.26 Å². The monoisotopic (exact) mass is 455 g/mol. The highest BCUT2D eigenvalue weighted by molar-refractivity contribution is 9.10. The Morgan fingerprint density at radius 2 is 1.97 bits per heavy atom. The molecule has 7 heteroatoms. The van der Waals surface area contributed by atoms with Crippen LogP contribution in [-0.2, 0) is 6.42 Å². The quantitative estimate of drug-likeness (QED) is 0.561. The smallest absolute Gasteiger partial charge is 0.253 e. The van der Waals surface area contributed by atoms with Crippen LogP contribution < -0.4 is 4.74 Å². The second-order valence-corrected chi connectivity index (χ2v) is 8.11. The van der Waals surface area contributed by atoms with Crippen molar-refractivity contribution in [2.24, 2.45) is 5.92 Å². The Morgan fingerprint density at radius 1 is 1.21 bits per heavy atom. The lowest BCUT2D eigenvalue weighted by Gasteiger charge is -2.31. The molecule has 0 atom stereocenters. The highest BCUT2D eigenvalue weighted by Gasteiger charge is 2.25. The molecule has 0 unspecified atom stereocenters. The molecule has 0 N–H and O–H groups in total. The predicted octanol–water partition coefficient (Wildman–Crippen LogP) is 4.60. The van der Waals surface area contributed by atoms with Gasteiger partial charge in [0.1, 0.15) is 5.75 Å². The summed E-state index contributed by atoms with van der Waals surface area (Å²) in [7, 11) is 1.64. The Morgan fingerprint density at radius 3 is 2.66 bits per heavy atom. The molecule has 0 spiro atoms. The fourth-order valence-electron chi connectivity index (χ4n) is 3.59. The maximum absolute atomic E-state index is 12.7. The van der Waals surface area contributed by atoms with E-state index in [1.54, 1.807) is 7.11 Å². The van der Waals surface area contributed by atoms with Gasteiger partial charge in [-0.3, -0.25) is 4.79 Å². The Kier molecular flexibility index (Phi) is 5.94. The molecule has 0 bridgehead atoms. The topological polar surface area (TPSA) is 68.5 Å². The summed E-state index contributed by atoms with van der Waals surface area (Å²) in [6.45, 7) is 1.49. The summed E-state index contributed by atoms with van der Waals surface area (Å²) in [4.78, 5) is 19.1. The first-order chi connectivity index (χ1) is 14.1. The van der Waals surface area contributed by atoms with Gasteiger partial charge in [0.2, 0.25) is 11.7 Å². The normalized spacial score (nSPS) is 14.8. The van der Waals surface area contributed by atoms with Gasteiger partial charge in [-0.15, -0.1) is 0 Å². The van der Waals surface area contributed by atoms with E-state index in [1.165, 1.54) is 0 Å². The molecule has 1 fully saturated rings. The number of nitrogens with zero attached hydrogens (tertiary/aromatic N) is 3. The van der Waals surface area contributed by atoms with Crippen molar-refractivity contribution in [2.45, 2.75) is 19.3 Å². The molecule has 0 saturated carbocycles. The first-order valence-electron chi connectivity index (χ1n) is 9.64. The minimum absolute atomic E-state index is 0.0873. The average Bonchev–Trinajstić information content (AvgIpc) is 3.22. The number of benzene rings is 2. The van der Waals surface area contributed by atoms with E-state index in [0.29, 0.717) is 17.6 Å². The number of rotatable bonds is 5. The molecule has 3 aromatic rings. The third kappa shape index (κ3) is 4.67. The number of ether oxygens (including phenoxy) is 1. The van der Waals surface area contributed by atoms with Crippen molar-refractivity contribution in [1.29, 1.82) is 0 Å². The third-order valence-electron chi connectivity index (χ3n) is 5.25. The maximum Gasteiger partial charge on any atom is 0.253 e. The number of halogens is 1. The fraction of sp³-hybridized carbons (Fsp3) is 0.318. The molecule has 1 aromatic heterocycles. The van der Waals surface area contributed by atoms with E-state index in [2.05, 4.69) is 26.1 Å². The molecule has 29 heavy (non-hydrogen) atoms. The molecular formula is C22H22BrN3O3. The van der Waals surface area contributed by atoms with E-state index in [9.17, 15) is 4.79 Å². The van der Waals surface area contributed by atoms with Crippen LogP contribution in [0.5, 0.6) is 5.75 Å². The van der Waals surface area contributed by atoms with Gasteiger partial charge in [-0.25, -0.2) is 0 Å². The lowest BCUT2D eigenvalue weighted by molar-refractivity contribution is 0.0687. The van der Waals surface area contributed by atoms with Gasteiger partial charge in [0.05, 0.1) is 7.11 Å². The second kappa shape index (κ2) is 8.78. The zero-order valence-corrected chi connectivity index (χ0v) is 17.8. The SMILES string of the molecule is COc1ccc(-c2noc(CC3CCN(C(=O)c4cccc(Br)c4)CC3)n2)cc1. The first kappa shape index (κ1) is 19.6. The van der Waals surface area contributed by atoms with Gasteiger partial charge >= 0.3 is 0 Å². The summed E-state index contributed by atoms with van der Waals surface area (Å²) >= 11 is 3.43. The van der Waals surface area contributed by atoms with Crippen LogP contribution in [0.3, 0.4) is 0 Å². The van der Waals surface area contributed by atoms with Gasteiger partial charge in [0, 0.05) is 35.1 Å². The Balaban J connectivity index is 1.33. The number of hydrogen-bond donors (Lipinski definition) is 0. The molecule has 6 nitrogen and oxygen atoms in total. The van der Waals surface area contributed by atoms with Crippen LogP contribution in [0, 0.1) is 5.92 Å². The van der Waals surface area contributed by atoms with Crippen LogP contribution in [0.4, 0.5) is 0 Å². The number of carbonyl (C=O) groups excluding carboxylic acids is 1. The standard InChI is InChI=1S/C22H22BrN3O3/c1-28-19-7-5-16(6-8-19)21-24-20(29-25-21)13-15-9-11-26(12-10-15)22(27)17-3-2-4-18(23)14-17/h2-8,14-15H,9-13H2,1H3. The van der Waals surface area contributed by atoms with Crippen molar-refractivity contribution in [3.05, 3.63) is 64.5 Å². The van der Waals surface area contributed by atoms with Gasteiger partial charge in [-0.2, -0.15) is 4.98 Å². The van der Waals surface area contributed by atoms with Crippen LogP contribution in [0.1, 0.15) is 29.1 Å². The Labute approximate surface area is 178 Å². The van der Waals surface area contributed by atoms with Gasteiger partial charge in [0.15, 0.2) is 0 Å². The van der Waals surface area contributed by atoms with Crippen LogP contribution in [0.15, 0.2) is 57.5 Å². The summed E-state index contributed by atoms with van der Waals surface area (Å²) in [6, 6.07) is 15.1. The Bertz CT molecular complexity index is 979. The summed E-state index contributed by atoms with van der Waals surface area (Å²) in [5.74, 6) is 2.55. The largest absolute Gasteiger partial charge is 0.497 e. The van der Waals surface area contributed by atoms with Crippen molar-refractivity contribution < 1.29 is 14.1 Å². The number of hydrogen-bond acceptors (Lipinski definition) is 5. The molecule has 1 aliphatic rings. The summed E-state index contributed by atoms with van der Waals surface area (Å²) in [5, 5.41) is 4.10. The van der Waals surface area contributed by atoms with E-state index in [1.807, 2.05) is 53.4 Å². The molecule has 0 aliphatic carbocycles. The van der Waals surface area contributed by atoms with Crippen LogP contribution in [0.2, 0.25) is 0 Å². The van der Waals surface area contributed by atoms with Crippen molar-refractivity contribution in [1.82, 2.24) is 15.0 Å². The highest BCUT2D eigenvalue weighted by Crippen LogP contribution is 2.25. The second-order valence-electron chi connectivity index (χ2n) is 7.19. The zero-order valence-electron chi connectivity index (χ0n) is 16.2. The third-order valence-corrected chi connectivity index (χ3v) is 5.75. The number of piperidine rings is 1. The molecule has 2 aromatic carbocycles. The van der Waals surface area contributed by atoms with Gasteiger partial charge in [-0.1, -0.05) is 27.2 Å². The first-order valence-corrected chi connectivity index (χ1v) is 10.4. The number of carbonyl (C=O) groups is 1. The molecule has 1 aliphatic heterocycles. The van der Waals surface area contributed by atoms with Crippen molar-refractivity contribution in [2.75, 3.05) is 20.2 Å². The number of amides is 1. The molecule has 1 saturated heterocycles. The van der Waals surface area contributed by atoms with E-state index in [-0.39, 0.29) is 5.91 Å². The van der Waals surface area contributed by atoms with Crippen molar-refractivity contribution in [3.8, 4) is 17.1 Å². The molecule has 0 radical (unpaired) electrons. The molecule has 1 amide bonds. The van der Waals surface area contributed by atoms with Gasteiger partial charge in [-0.05, 0) is 61.2 Å². The number of aromatic nitrogens is 2. The maximum atomic E-state index is 12.7. The molecule has 2 heterocycles. The van der Waals surface area contributed by atoms with Crippen LogP contribution in [-0.4, -0.2) is 41.1 Å². The predicted molar refractivity (Wildman–Crippen MR) is 113 cm³/mol. The summed E-state index contributed by atoms with van der Waals surface area (Å²) < 4.78 is 11.6. The molecule has 4 rings (SSSR count). The summed E-state index contributed by atoms with van der Waals surface area (Å²) in [6.07, 6.45) is 2.60. The Hall–Kier alpha value is -2.67. The molecule has 150 valence electrons. The van der Waals surface area contributed by atoms with Gasteiger partial charge < -0.3 is 14.2 Å². The van der Waals surface area contributed by atoms with Crippen molar-refractivity contribution in [3.63, 3.8) is 0 Å². The average molecular weight is 456 g/mol. The zero-order chi connectivity index (χ0) is 20.2. The highest BCUT2D eigenvalue weighted by atomic mass is 79.9. The minimum atomic E-state index is 0.0873. The van der Waals surface area contributed by atoms with Crippen molar-refractivity contribution >= 4 is 21.8 Å². The lowest BCUT2D eigenvalue weighted by Crippen LogP contribution is -2.38. The number of likely N-dealkylation sites (tertiary alicyclic amines) is 1.